The first kappa shape index (κ1) is 15.0. The fraction of sp³-hybridized carbons (Fsp3) is 0.200. The van der Waals surface area contributed by atoms with Crippen molar-refractivity contribution in [3.8, 4) is 5.75 Å². The van der Waals surface area contributed by atoms with Gasteiger partial charge in [-0.3, -0.25) is 14.2 Å². The van der Waals surface area contributed by atoms with Crippen LogP contribution in [-0.4, -0.2) is 17.6 Å². The van der Waals surface area contributed by atoms with Gasteiger partial charge in [-0.05, 0) is 12.1 Å². The predicted molar refractivity (Wildman–Crippen MR) is 54.2 cm³/mol. The fourth-order valence-corrected chi connectivity index (χ4v) is 2.62. The molecule has 6 nitrogen and oxygen atoms in total. The van der Waals surface area contributed by atoms with Crippen LogP contribution in [0.5, 0.6) is 5.75 Å². The van der Waals surface area contributed by atoms with Crippen molar-refractivity contribution in [3.63, 3.8) is 0 Å². The number of rotatable bonds is 3. The molecule has 2 rings (SSSR count). The molecule has 1 heterocycles. The number of para-hydroxylation sites is 1. The molecule has 18 heavy (non-hydrogen) atoms. The molecule has 0 aromatic heterocycles. The number of esters is 2. The van der Waals surface area contributed by atoms with Gasteiger partial charge in [0.1, 0.15) is 11.4 Å². The van der Waals surface area contributed by atoms with Gasteiger partial charge in [-0.2, -0.15) is 0 Å². The van der Waals surface area contributed by atoms with E-state index in [1.165, 1.54) is 12.1 Å². The number of carbonyl (C=O) groups is 2. The third-order valence-corrected chi connectivity index (χ3v) is 3.83. The molecule has 90 valence electrons. The van der Waals surface area contributed by atoms with E-state index in [4.69, 9.17) is 4.52 Å². The Kier molecular flexibility index (Phi) is 4.77. The molecular formula is C10H8LiO6P. The molecule has 0 saturated carbocycles. The smallest absolute Gasteiger partial charge is 0.768 e. The number of carbonyl (C=O) groups excluding carboxylic acids is 2. The van der Waals surface area contributed by atoms with Gasteiger partial charge in [-0.25, -0.2) is 0 Å². The summed E-state index contributed by atoms with van der Waals surface area (Å²) < 4.78 is 20.6. The van der Waals surface area contributed by atoms with Crippen molar-refractivity contribution in [2.75, 3.05) is 0 Å². The summed E-state index contributed by atoms with van der Waals surface area (Å²) in [7, 11) is -4.50. The molecule has 0 amide bonds. The van der Waals surface area contributed by atoms with Gasteiger partial charge >= 0.3 is 30.8 Å². The van der Waals surface area contributed by atoms with Crippen LogP contribution in [0.2, 0.25) is 0 Å². The van der Waals surface area contributed by atoms with Crippen molar-refractivity contribution < 1.29 is 47.2 Å². The zero-order valence-corrected chi connectivity index (χ0v) is 10.5. The van der Waals surface area contributed by atoms with E-state index < -0.39 is 31.6 Å². The van der Waals surface area contributed by atoms with Crippen molar-refractivity contribution in [3.05, 3.63) is 30.3 Å². The number of benzene rings is 1. The molecule has 2 unspecified atom stereocenters. The minimum Gasteiger partial charge on any atom is -0.768 e. The molecule has 8 heteroatoms. The zero-order chi connectivity index (χ0) is 12.5. The summed E-state index contributed by atoms with van der Waals surface area (Å²) in [4.78, 5) is 33.6. The number of hydrogen-bond donors (Lipinski definition) is 0. The van der Waals surface area contributed by atoms with E-state index in [1.807, 2.05) is 0 Å². The van der Waals surface area contributed by atoms with E-state index in [2.05, 4.69) is 4.74 Å². The topological polar surface area (TPSA) is 92.7 Å². The van der Waals surface area contributed by atoms with Crippen molar-refractivity contribution >= 4 is 19.5 Å². The Morgan fingerprint density at radius 2 is 1.89 bits per heavy atom. The fourth-order valence-electron chi connectivity index (χ4n) is 1.40. The molecule has 0 bridgehead atoms. The van der Waals surface area contributed by atoms with E-state index in [0.29, 0.717) is 0 Å². The van der Waals surface area contributed by atoms with Crippen LogP contribution >= 0.6 is 7.60 Å². The van der Waals surface area contributed by atoms with Crippen LogP contribution in [-0.2, 0) is 18.9 Å². The van der Waals surface area contributed by atoms with E-state index in [1.54, 1.807) is 18.2 Å². The third-order valence-electron chi connectivity index (χ3n) is 2.20. The quantitative estimate of drug-likeness (QED) is 0.258. The maximum absolute atomic E-state index is 11.7. The largest absolute Gasteiger partial charge is 1.00 e. The summed E-state index contributed by atoms with van der Waals surface area (Å²) in [6.07, 6.45) is -0.494. The van der Waals surface area contributed by atoms with E-state index in [9.17, 15) is 19.0 Å². The maximum atomic E-state index is 11.7. The molecule has 0 radical (unpaired) electrons. The van der Waals surface area contributed by atoms with Gasteiger partial charge in [0.25, 0.3) is 0 Å². The van der Waals surface area contributed by atoms with Gasteiger partial charge in [0.2, 0.25) is 0 Å². The van der Waals surface area contributed by atoms with Gasteiger partial charge in [0.15, 0.2) is 7.60 Å². The first-order valence-electron chi connectivity index (χ1n) is 4.79. The Hall–Kier alpha value is -1.05. The standard InChI is InChI=1S/C10H9O6P.Li/c11-9-6-8(10(12)15-9)17(13,14)16-7-4-2-1-3-5-7;/h1-5,8H,6H2,(H,13,14);/q;+1/p-1. The summed E-state index contributed by atoms with van der Waals surface area (Å²) in [5.74, 6) is -1.84. The van der Waals surface area contributed by atoms with E-state index in [0.717, 1.165) is 0 Å². The van der Waals surface area contributed by atoms with Crippen LogP contribution < -0.4 is 28.3 Å². The molecule has 0 N–H and O–H groups in total. The minimum atomic E-state index is -4.50. The molecule has 0 aliphatic carbocycles. The predicted octanol–water partition coefficient (Wildman–Crippen LogP) is -2.54. The van der Waals surface area contributed by atoms with Crippen molar-refractivity contribution in [2.24, 2.45) is 0 Å². The third kappa shape index (κ3) is 3.24. The van der Waals surface area contributed by atoms with Crippen LogP contribution in [0.15, 0.2) is 30.3 Å². The van der Waals surface area contributed by atoms with Crippen molar-refractivity contribution in [2.45, 2.75) is 12.1 Å². The Morgan fingerprint density at radius 3 is 2.39 bits per heavy atom. The molecule has 2 atom stereocenters. The van der Waals surface area contributed by atoms with Crippen molar-refractivity contribution in [1.29, 1.82) is 0 Å². The van der Waals surface area contributed by atoms with Gasteiger partial charge in [0.05, 0.1) is 6.42 Å². The van der Waals surface area contributed by atoms with Crippen LogP contribution in [0.1, 0.15) is 6.42 Å². The molecule has 1 saturated heterocycles. The second-order valence-corrected chi connectivity index (χ2v) is 5.34. The first-order valence-corrected chi connectivity index (χ1v) is 6.40. The van der Waals surface area contributed by atoms with Gasteiger partial charge in [0, 0.05) is 0 Å². The van der Waals surface area contributed by atoms with Gasteiger partial charge in [-0.1, -0.05) is 18.2 Å². The average Bonchev–Trinajstić information content (AvgIpc) is 2.59. The Morgan fingerprint density at radius 1 is 1.28 bits per heavy atom. The molecule has 1 aliphatic rings. The first-order chi connectivity index (χ1) is 7.99. The molecule has 1 aromatic rings. The summed E-state index contributed by atoms with van der Waals surface area (Å²) in [5, 5.41) is 0. The van der Waals surface area contributed by atoms with Gasteiger partial charge in [-0.15, -0.1) is 0 Å². The summed E-state index contributed by atoms with van der Waals surface area (Å²) >= 11 is 0. The normalized spacial score (nSPS) is 21.7. The maximum Gasteiger partial charge on any atom is 1.00 e. The summed E-state index contributed by atoms with van der Waals surface area (Å²) in [6, 6.07) is 7.75. The van der Waals surface area contributed by atoms with Crippen molar-refractivity contribution in [1.82, 2.24) is 0 Å². The summed E-state index contributed by atoms with van der Waals surface area (Å²) in [6.45, 7) is 0. The zero-order valence-electron chi connectivity index (χ0n) is 9.57. The molecule has 1 aliphatic heterocycles. The molecule has 1 aromatic carbocycles. The Labute approximate surface area is 115 Å². The van der Waals surface area contributed by atoms with E-state index >= 15 is 0 Å². The Bertz CT molecular complexity index is 502. The molecule has 1 fully saturated rings. The number of cyclic esters (lactones) is 2. The van der Waals surface area contributed by atoms with Gasteiger partial charge < -0.3 is 14.2 Å². The number of hydrogen-bond acceptors (Lipinski definition) is 6. The second kappa shape index (κ2) is 5.72. The number of ether oxygens (including phenoxy) is 1. The second-order valence-electron chi connectivity index (χ2n) is 3.46. The van der Waals surface area contributed by atoms with Crippen LogP contribution in [0.25, 0.3) is 0 Å². The van der Waals surface area contributed by atoms with E-state index in [-0.39, 0.29) is 24.6 Å². The molecule has 0 spiro atoms. The Balaban J connectivity index is 0.00000162. The average molecular weight is 262 g/mol. The SMILES string of the molecule is O=C1CC(P(=O)([O-])Oc2ccccc2)C(=O)O1.[Li+]. The monoisotopic (exact) mass is 262 g/mol. The van der Waals surface area contributed by atoms with Crippen LogP contribution in [0.3, 0.4) is 0 Å². The molecular weight excluding hydrogens is 254 g/mol. The van der Waals surface area contributed by atoms with Crippen LogP contribution in [0, 0.1) is 0 Å². The minimum absolute atomic E-state index is 0. The van der Waals surface area contributed by atoms with Crippen LogP contribution in [0.4, 0.5) is 0 Å². The summed E-state index contributed by atoms with van der Waals surface area (Å²) in [5.41, 5.74) is -1.55.